The van der Waals surface area contributed by atoms with Gasteiger partial charge >= 0.3 is 0 Å². The predicted octanol–water partition coefficient (Wildman–Crippen LogP) is 0.425. The standard InChI is InChI=1S/C16H26N4O3S/c1-19-9-11-20(12-10-19)8-4-7-17-16(21)14-5-3-6-15(13-14)18-24(2,22)23/h3,5-6,13,18H,4,7-12H2,1-2H3,(H,17,21). The second kappa shape index (κ2) is 8.46. The number of nitrogens with one attached hydrogen (secondary N) is 2. The van der Waals surface area contributed by atoms with Gasteiger partial charge in [-0.3, -0.25) is 9.52 Å². The van der Waals surface area contributed by atoms with Crippen LogP contribution < -0.4 is 10.0 Å². The van der Waals surface area contributed by atoms with Gasteiger partial charge in [0, 0.05) is 44.0 Å². The third-order valence-electron chi connectivity index (χ3n) is 3.96. The lowest BCUT2D eigenvalue weighted by Gasteiger charge is -2.32. The molecule has 2 N–H and O–H groups in total. The van der Waals surface area contributed by atoms with Gasteiger partial charge in [0.1, 0.15) is 0 Å². The van der Waals surface area contributed by atoms with Crippen LogP contribution in [-0.4, -0.2) is 76.7 Å². The van der Waals surface area contributed by atoms with Crippen LogP contribution in [0.2, 0.25) is 0 Å². The van der Waals surface area contributed by atoms with Gasteiger partial charge in [-0.15, -0.1) is 0 Å². The van der Waals surface area contributed by atoms with Gasteiger partial charge < -0.3 is 15.1 Å². The molecule has 1 amide bonds. The van der Waals surface area contributed by atoms with E-state index >= 15 is 0 Å². The Bertz CT molecular complexity index is 655. The van der Waals surface area contributed by atoms with Gasteiger partial charge in [0.25, 0.3) is 5.91 Å². The first-order chi connectivity index (χ1) is 11.3. The van der Waals surface area contributed by atoms with E-state index in [9.17, 15) is 13.2 Å². The topological polar surface area (TPSA) is 81.8 Å². The first kappa shape index (κ1) is 18.7. The predicted molar refractivity (Wildman–Crippen MR) is 95.8 cm³/mol. The quantitative estimate of drug-likeness (QED) is 0.694. The van der Waals surface area contributed by atoms with E-state index in [-0.39, 0.29) is 5.91 Å². The number of benzene rings is 1. The second-order valence-corrected chi connectivity index (χ2v) is 7.96. The molecule has 7 nitrogen and oxygen atoms in total. The lowest BCUT2D eigenvalue weighted by atomic mass is 10.2. The molecule has 0 aliphatic carbocycles. The summed E-state index contributed by atoms with van der Waals surface area (Å²) in [7, 11) is -1.22. The monoisotopic (exact) mass is 354 g/mol. The molecule has 0 atom stereocenters. The highest BCUT2D eigenvalue weighted by atomic mass is 32.2. The molecule has 0 radical (unpaired) electrons. The molecular weight excluding hydrogens is 328 g/mol. The van der Waals surface area contributed by atoms with Crippen molar-refractivity contribution in [3.63, 3.8) is 0 Å². The van der Waals surface area contributed by atoms with E-state index in [1.54, 1.807) is 18.2 Å². The number of piperazine rings is 1. The molecule has 1 aromatic rings. The van der Waals surface area contributed by atoms with E-state index in [1.165, 1.54) is 6.07 Å². The first-order valence-electron chi connectivity index (χ1n) is 8.10. The maximum Gasteiger partial charge on any atom is 0.251 e. The molecule has 8 heteroatoms. The van der Waals surface area contributed by atoms with Crippen molar-refractivity contribution in [2.45, 2.75) is 6.42 Å². The summed E-state index contributed by atoms with van der Waals surface area (Å²) in [5.41, 5.74) is 0.839. The molecule has 134 valence electrons. The van der Waals surface area contributed by atoms with Gasteiger partial charge in [-0.1, -0.05) is 6.07 Å². The zero-order valence-corrected chi connectivity index (χ0v) is 15.1. The number of hydrogen-bond donors (Lipinski definition) is 2. The Hall–Kier alpha value is -1.64. The van der Waals surface area contributed by atoms with Crippen molar-refractivity contribution in [1.82, 2.24) is 15.1 Å². The number of carbonyl (C=O) groups is 1. The summed E-state index contributed by atoms with van der Waals surface area (Å²) in [5, 5.41) is 2.88. The van der Waals surface area contributed by atoms with E-state index in [0.717, 1.165) is 45.4 Å². The zero-order valence-electron chi connectivity index (χ0n) is 14.3. The number of likely N-dealkylation sites (N-methyl/N-ethyl adjacent to an activating group) is 1. The van der Waals surface area contributed by atoms with Crippen LogP contribution in [0.4, 0.5) is 5.69 Å². The van der Waals surface area contributed by atoms with Crippen LogP contribution in [0.15, 0.2) is 24.3 Å². The molecule has 0 unspecified atom stereocenters. The van der Waals surface area contributed by atoms with E-state index < -0.39 is 10.0 Å². The maximum atomic E-state index is 12.1. The first-order valence-corrected chi connectivity index (χ1v) is 9.99. The van der Waals surface area contributed by atoms with Crippen LogP contribution in [0.25, 0.3) is 0 Å². The number of hydrogen-bond acceptors (Lipinski definition) is 5. The molecule has 0 spiro atoms. The number of amides is 1. The molecule has 1 aliphatic heterocycles. The Labute approximate surface area is 144 Å². The smallest absolute Gasteiger partial charge is 0.251 e. The van der Waals surface area contributed by atoms with Crippen molar-refractivity contribution in [3.8, 4) is 0 Å². The van der Waals surface area contributed by atoms with Crippen molar-refractivity contribution in [3.05, 3.63) is 29.8 Å². The summed E-state index contributed by atoms with van der Waals surface area (Å²) >= 11 is 0. The van der Waals surface area contributed by atoms with E-state index in [1.807, 2.05) is 0 Å². The van der Waals surface area contributed by atoms with Crippen LogP contribution in [-0.2, 0) is 10.0 Å². The minimum atomic E-state index is -3.35. The fraction of sp³-hybridized carbons (Fsp3) is 0.562. The Morgan fingerprint density at radius 1 is 1.21 bits per heavy atom. The molecule has 0 aromatic heterocycles. The van der Waals surface area contributed by atoms with Crippen molar-refractivity contribution in [2.24, 2.45) is 0 Å². The molecule has 1 fully saturated rings. The van der Waals surface area contributed by atoms with E-state index in [4.69, 9.17) is 0 Å². The van der Waals surface area contributed by atoms with Gasteiger partial charge in [0.15, 0.2) is 0 Å². The van der Waals surface area contributed by atoms with Gasteiger partial charge in [-0.2, -0.15) is 0 Å². The Kier molecular flexibility index (Phi) is 6.59. The Morgan fingerprint density at radius 2 is 1.92 bits per heavy atom. The average molecular weight is 354 g/mol. The SMILES string of the molecule is CN1CCN(CCCNC(=O)c2cccc(NS(C)(=O)=O)c2)CC1. The number of nitrogens with zero attached hydrogens (tertiary/aromatic N) is 2. The minimum absolute atomic E-state index is 0.189. The summed E-state index contributed by atoms with van der Waals surface area (Å²) < 4.78 is 24.9. The second-order valence-electron chi connectivity index (χ2n) is 6.21. The highest BCUT2D eigenvalue weighted by Crippen LogP contribution is 2.12. The van der Waals surface area contributed by atoms with Crippen LogP contribution in [0, 0.1) is 0 Å². The average Bonchev–Trinajstić information content (AvgIpc) is 2.51. The molecule has 0 saturated carbocycles. The van der Waals surface area contributed by atoms with E-state index in [0.29, 0.717) is 17.8 Å². The Morgan fingerprint density at radius 3 is 2.58 bits per heavy atom. The molecular formula is C16H26N4O3S. The molecule has 1 saturated heterocycles. The lowest BCUT2D eigenvalue weighted by Crippen LogP contribution is -2.45. The van der Waals surface area contributed by atoms with Crippen LogP contribution in [0.3, 0.4) is 0 Å². The number of rotatable bonds is 7. The van der Waals surface area contributed by atoms with Crippen LogP contribution >= 0.6 is 0 Å². The van der Waals surface area contributed by atoms with Crippen molar-refractivity contribution in [2.75, 3.05) is 57.3 Å². The molecule has 0 bridgehead atoms. The molecule has 1 aliphatic rings. The summed E-state index contributed by atoms with van der Waals surface area (Å²) in [4.78, 5) is 16.9. The normalized spacial score (nSPS) is 16.8. The molecule has 24 heavy (non-hydrogen) atoms. The molecule has 2 rings (SSSR count). The third-order valence-corrected chi connectivity index (χ3v) is 4.57. The summed E-state index contributed by atoms with van der Waals surface area (Å²) in [6.45, 7) is 5.91. The summed E-state index contributed by atoms with van der Waals surface area (Å²) in [6.07, 6.45) is 1.98. The fourth-order valence-corrected chi connectivity index (χ4v) is 3.17. The van der Waals surface area contributed by atoms with Crippen LogP contribution in [0.5, 0.6) is 0 Å². The summed E-state index contributed by atoms with van der Waals surface area (Å²) in [6, 6.07) is 6.48. The fourth-order valence-electron chi connectivity index (χ4n) is 2.62. The number of anilines is 1. The molecule has 1 heterocycles. The zero-order chi connectivity index (χ0) is 17.6. The Balaban J connectivity index is 1.75. The summed E-state index contributed by atoms with van der Waals surface area (Å²) in [5.74, 6) is -0.189. The number of carbonyl (C=O) groups excluding carboxylic acids is 1. The van der Waals surface area contributed by atoms with Gasteiger partial charge in [-0.05, 0) is 38.2 Å². The highest BCUT2D eigenvalue weighted by Gasteiger charge is 2.13. The van der Waals surface area contributed by atoms with Gasteiger partial charge in [0.2, 0.25) is 10.0 Å². The van der Waals surface area contributed by atoms with Gasteiger partial charge in [-0.25, -0.2) is 8.42 Å². The highest BCUT2D eigenvalue weighted by molar-refractivity contribution is 7.92. The minimum Gasteiger partial charge on any atom is -0.352 e. The lowest BCUT2D eigenvalue weighted by molar-refractivity contribution is 0.0949. The van der Waals surface area contributed by atoms with Crippen molar-refractivity contribution < 1.29 is 13.2 Å². The largest absolute Gasteiger partial charge is 0.352 e. The van der Waals surface area contributed by atoms with E-state index in [2.05, 4.69) is 26.9 Å². The molecule has 1 aromatic carbocycles. The van der Waals surface area contributed by atoms with Gasteiger partial charge in [0.05, 0.1) is 6.26 Å². The van der Waals surface area contributed by atoms with Crippen LogP contribution in [0.1, 0.15) is 16.8 Å². The van der Waals surface area contributed by atoms with Crippen molar-refractivity contribution >= 4 is 21.6 Å². The number of sulfonamides is 1. The maximum absolute atomic E-state index is 12.1. The third kappa shape index (κ3) is 6.46. The van der Waals surface area contributed by atoms with Crippen molar-refractivity contribution in [1.29, 1.82) is 0 Å².